The molecule has 5 rings (SSSR count). The Morgan fingerprint density at radius 1 is 0.941 bits per heavy atom. The second-order valence-corrected chi connectivity index (χ2v) is 7.77. The van der Waals surface area contributed by atoms with Gasteiger partial charge in [-0.3, -0.25) is 9.69 Å². The molecule has 2 aromatic carbocycles. The number of hydrogen-bond donors (Lipinski definition) is 3. The summed E-state index contributed by atoms with van der Waals surface area (Å²) in [7, 11) is 0. The van der Waals surface area contributed by atoms with Gasteiger partial charge in [-0.15, -0.1) is 0 Å². The molecule has 1 aliphatic rings. The highest BCUT2D eigenvalue weighted by Crippen LogP contribution is 2.19. The first-order valence-corrected chi connectivity index (χ1v) is 10.6. The number of aliphatic carboxylic acids is 2. The Hall–Kier alpha value is -4.25. The van der Waals surface area contributed by atoms with Crippen molar-refractivity contribution in [3.05, 3.63) is 60.0 Å². The molecule has 0 unspecified atom stereocenters. The minimum Gasteiger partial charge on any atom is -0.473 e. The van der Waals surface area contributed by atoms with Crippen LogP contribution in [0.4, 0.5) is 0 Å². The normalized spacial score (nSPS) is 14.1. The van der Waals surface area contributed by atoms with Crippen LogP contribution >= 0.6 is 0 Å². The van der Waals surface area contributed by atoms with Crippen molar-refractivity contribution in [2.75, 3.05) is 26.2 Å². The van der Waals surface area contributed by atoms with E-state index in [2.05, 4.69) is 20.0 Å². The molecule has 1 saturated heterocycles. The summed E-state index contributed by atoms with van der Waals surface area (Å²) in [4.78, 5) is 43.2. The summed E-state index contributed by atoms with van der Waals surface area (Å²) in [5.41, 5.74) is 3.49. The largest absolute Gasteiger partial charge is 0.473 e. The van der Waals surface area contributed by atoms with Gasteiger partial charge in [-0.1, -0.05) is 29.4 Å². The van der Waals surface area contributed by atoms with E-state index in [0.717, 1.165) is 60.6 Å². The van der Waals surface area contributed by atoms with E-state index in [9.17, 15) is 4.79 Å². The van der Waals surface area contributed by atoms with Crippen molar-refractivity contribution in [3.8, 4) is 0 Å². The van der Waals surface area contributed by atoms with Crippen molar-refractivity contribution in [2.45, 2.75) is 13.0 Å². The topological polar surface area (TPSA) is 153 Å². The maximum Gasteiger partial charge on any atom is 0.414 e. The van der Waals surface area contributed by atoms with E-state index in [1.165, 1.54) is 0 Å². The van der Waals surface area contributed by atoms with E-state index in [4.69, 9.17) is 24.3 Å². The van der Waals surface area contributed by atoms with Gasteiger partial charge in [0.2, 0.25) is 5.91 Å². The molecule has 11 nitrogen and oxygen atoms in total. The smallest absolute Gasteiger partial charge is 0.414 e. The fraction of sp³-hybridized carbons (Fsp3) is 0.261. The van der Waals surface area contributed by atoms with Crippen LogP contribution in [0.5, 0.6) is 0 Å². The number of H-pyrrole nitrogens is 1. The summed E-state index contributed by atoms with van der Waals surface area (Å²) in [5, 5.41) is 19.8. The van der Waals surface area contributed by atoms with Crippen molar-refractivity contribution in [1.82, 2.24) is 24.9 Å². The Labute approximate surface area is 193 Å². The number of nitrogens with zero attached hydrogens (tertiary/aromatic N) is 4. The van der Waals surface area contributed by atoms with Gasteiger partial charge in [0.25, 0.3) is 0 Å². The predicted molar refractivity (Wildman–Crippen MR) is 121 cm³/mol. The summed E-state index contributed by atoms with van der Waals surface area (Å²) in [5.74, 6) is -2.58. The molecule has 3 N–H and O–H groups in total. The lowest BCUT2D eigenvalue weighted by molar-refractivity contribution is -0.159. The number of fused-ring (bicyclic) bond motifs is 2. The van der Waals surface area contributed by atoms with Crippen LogP contribution < -0.4 is 0 Å². The van der Waals surface area contributed by atoms with Gasteiger partial charge in [-0.25, -0.2) is 14.6 Å². The summed E-state index contributed by atoms with van der Waals surface area (Å²) in [6.45, 7) is 3.87. The van der Waals surface area contributed by atoms with Crippen LogP contribution in [0.1, 0.15) is 11.5 Å². The zero-order chi connectivity index (χ0) is 24.1. The number of para-hydroxylation sites is 3. The van der Waals surface area contributed by atoms with Crippen molar-refractivity contribution >= 4 is 39.8 Å². The van der Waals surface area contributed by atoms with Crippen molar-refractivity contribution in [2.24, 2.45) is 0 Å². The minimum absolute atomic E-state index is 0.0995. The molecule has 4 aromatic rings. The van der Waals surface area contributed by atoms with Crippen molar-refractivity contribution in [1.29, 1.82) is 0 Å². The zero-order valence-electron chi connectivity index (χ0n) is 18.2. The number of piperazine rings is 1. The molecule has 0 aliphatic carbocycles. The molecule has 2 aromatic heterocycles. The number of carbonyl (C=O) groups excluding carboxylic acids is 1. The quantitative estimate of drug-likeness (QED) is 0.383. The van der Waals surface area contributed by atoms with Gasteiger partial charge in [0.15, 0.2) is 5.58 Å². The van der Waals surface area contributed by atoms with E-state index >= 15 is 0 Å². The molecule has 11 heteroatoms. The molecule has 0 radical (unpaired) electrons. The number of carboxylic acid groups (broad SMARTS) is 2. The highest BCUT2D eigenvalue weighted by Gasteiger charge is 2.23. The van der Waals surface area contributed by atoms with Crippen LogP contribution in [-0.4, -0.2) is 79.2 Å². The molecule has 0 atom stereocenters. The predicted octanol–water partition coefficient (Wildman–Crippen LogP) is 1.75. The Morgan fingerprint density at radius 3 is 2.32 bits per heavy atom. The maximum absolute atomic E-state index is 12.7. The fourth-order valence-electron chi connectivity index (χ4n) is 3.77. The number of aromatic nitrogens is 3. The fourth-order valence-corrected chi connectivity index (χ4v) is 3.77. The van der Waals surface area contributed by atoms with E-state index in [-0.39, 0.29) is 12.3 Å². The van der Waals surface area contributed by atoms with Crippen LogP contribution in [0.3, 0.4) is 0 Å². The first kappa shape index (κ1) is 22.9. The molecule has 0 spiro atoms. The average Bonchev–Trinajstić information content (AvgIpc) is 3.43. The number of rotatable bonds is 4. The van der Waals surface area contributed by atoms with Gasteiger partial charge in [0.05, 0.1) is 24.0 Å². The third-order valence-electron chi connectivity index (χ3n) is 5.49. The highest BCUT2D eigenvalue weighted by molar-refractivity contribution is 6.27. The molecule has 1 aliphatic heterocycles. The van der Waals surface area contributed by atoms with Gasteiger partial charge >= 0.3 is 11.9 Å². The molecule has 0 saturated carbocycles. The number of aromatic amines is 1. The number of imidazole rings is 1. The number of benzene rings is 2. The van der Waals surface area contributed by atoms with E-state index in [0.29, 0.717) is 5.69 Å². The standard InChI is InChI=1S/C21H21N5O2.C2H2O4/c27-21(13-18-15-5-1-4-8-19(15)28-24-18)26-11-9-25(10-12-26)14-20-22-16-6-2-3-7-17(16)23-20;3-1(4)2(5)6/h1-8H,9-14H2,(H,22,23);(H,3,4)(H,5,6). The molecular weight excluding hydrogens is 442 g/mol. The monoisotopic (exact) mass is 465 g/mol. The molecule has 0 bridgehead atoms. The zero-order valence-corrected chi connectivity index (χ0v) is 18.2. The number of carboxylic acids is 2. The van der Waals surface area contributed by atoms with E-state index < -0.39 is 11.9 Å². The van der Waals surface area contributed by atoms with E-state index in [1.54, 1.807) is 0 Å². The average molecular weight is 465 g/mol. The van der Waals surface area contributed by atoms with Crippen LogP contribution in [0.2, 0.25) is 0 Å². The second-order valence-electron chi connectivity index (χ2n) is 7.77. The maximum atomic E-state index is 12.7. The van der Waals surface area contributed by atoms with Gasteiger partial charge in [0.1, 0.15) is 11.5 Å². The van der Waals surface area contributed by atoms with Crippen molar-refractivity contribution in [3.63, 3.8) is 0 Å². The lowest BCUT2D eigenvalue weighted by atomic mass is 10.1. The van der Waals surface area contributed by atoms with Gasteiger partial charge in [-0.2, -0.15) is 0 Å². The lowest BCUT2D eigenvalue weighted by Crippen LogP contribution is -2.48. The van der Waals surface area contributed by atoms with Crippen LogP contribution in [0.25, 0.3) is 22.0 Å². The molecular formula is C23H23N5O6. The first-order valence-electron chi connectivity index (χ1n) is 10.6. The molecule has 1 amide bonds. The third-order valence-corrected chi connectivity index (χ3v) is 5.49. The molecule has 1 fully saturated rings. The number of hydrogen-bond acceptors (Lipinski definition) is 7. The van der Waals surface area contributed by atoms with Gasteiger partial charge < -0.3 is 24.6 Å². The first-order chi connectivity index (χ1) is 16.4. The minimum atomic E-state index is -1.82. The lowest BCUT2D eigenvalue weighted by Gasteiger charge is -2.34. The van der Waals surface area contributed by atoms with Gasteiger partial charge in [-0.05, 0) is 24.3 Å². The second kappa shape index (κ2) is 10.1. The highest BCUT2D eigenvalue weighted by atomic mass is 16.5. The molecule has 34 heavy (non-hydrogen) atoms. The third kappa shape index (κ3) is 5.38. The Bertz CT molecular complexity index is 1280. The van der Waals surface area contributed by atoms with Crippen molar-refractivity contribution < 1.29 is 29.1 Å². The van der Waals surface area contributed by atoms with Crippen LogP contribution in [0, 0.1) is 0 Å². The summed E-state index contributed by atoms with van der Waals surface area (Å²) in [6.07, 6.45) is 0.278. The summed E-state index contributed by atoms with van der Waals surface area (Å²) >= 11 is 0. The van der Waals surface area contributed by atoms with Gasteiger partial charge in [0, 0.05) is 31.6 Å². The Kier molecular flexibility index (Phi) is 6.83. The summed E-state index contributed by atoms with van der Waals surface area (Å²) in [6, 6.07) is 15.7. The van der Waals surface area contributed by atoms with E-state index in [1.807, 2.05) is 53.4 Å². The number of nitrogens with one attached hydrogen (secondary N) is 1. The Morgan fingerprint density at radius 2 is 1.62 bits per heavy atom. The Balaban J connectivity index is 0.000000408. The van der Waals surface area contributed by atoms with Crippen LogP contribution in [-0.2, 0) is 27.3 Å². The number of amides is 1. The number of carbonyl (C=O) groups is 3. The van der Waals surface area contributed by atoms with Crippen LogP contribution in [0.15, 0.2) is 53.1 Å². The molecule has 3 heterocycles. The SMILES string of the molecule is O=C(Cc1noc2ccccc12)N1CCN(Cc2nc3ccccc3[nH]2)CC1.O=C(O)C(=O)O. The molecule has 176 valence electrons. The summed E-state index contributed by atoms with van der Waals surface area (Å²) < 4.78 is 5.31.